The lowest BCUT2D eigenvalue weighted by Gasteiger charge is -2.40. The van der Waals surface area contributed by atoms with Gasteiger partial charge in [-0.2, -0.15) is 18.3 Å². The normalized spacial score (nSPS) is 19.5. The van der Waals surface area contributed by atoms with Gasteiger partial charge in [-0.15, -0.1) is 0 Å². The van der Waals surface area contributed by atoms with E-state index in [9.17, 15) is 22.8 Å². The number of carbonyl (C=O) groups is 1. The van der Waals surface area contributed by atoms with E-state index in [0.717, 1.165) is 5.56 Å². The number of piperidine rings is 1. The van der Waals surface area contributed by atoms with Gasteiger partial charge >= 0.3 is 12.2 Å². The third-order valence-corrected chi connectivity index (χ3v) is 5.75. The lowest BCUT2D eigenvalue weighted by molar-refractivity contribution is -0.138. The predicted molar refractivity (Wildman–Crippen MR) is 114 cm³/mol. The monoisotopic (exact) mass is 466 g/mol. The fourth-order valence-corrected chi connectivity index (χ4v) is 4.01. The van der Waals surface area contributed by atoms with E-state index in [4.69, 9.17) is 0 Å². The van der Waals surface area contributed by atoms with E-state index in [2.05, 4.69) is 20.4 Å². The molecule has 2 amide bonds. The highest BCUT2D eigenvalue weighted by Crippen LogP contribution is 2.27. The highest BCUT2D eigenvalue weighted by Gasteiger charge is 2.35. The Morgan fingerprint density at radius 1 is 1.12 bits per heavy atom. The van der Waals surface area contributed by atoms with E-state index in [0.29, 0.717) is 64.1 Å². The maximum absolute atomic E-state index is 13.0. The summed E-state index contributed by atoms with van der Waals surface area (Å²) in [5.74, 6) is 0.564. The molecule has 2 aromatic rings. The van der Waals surface area contributed by atoms with Crippen LogP contribution in [-0.2, 0) is 6.18 Å². The van der Waals surface area contributed by atoms with Crippen LogP contribution in [0.1, 0.15) is 24.0 Å². The van der Waals surface area contributed by atoms with Crippen molar-refractivity contribution in [1.29, 1.82) is 0 Å². The second-order valence-corrected chi connectivity index (χ2v) is 8.24. The number of likely N-dealkylation sites (tertiary alicyclic amines) is 1. The van der Waals surface area contributed by atoms with Gasteiger partial charge in [-0.25, -0.2) is 19.9 Å². The van der Waals surface area contributed by atoms with Crippen LogP contribution >= 0.6 is 0 Å². The number of halogens is 3. The van der Waals surface area contributed by atoms with E-state index in [1.54, 1.807) is 22.2 Å². The number of aryl methyl sites for hydroxylation is 1. The van der Waals surface area contributed by atoms with Crippen molar-refractivity contribution in [3.63, 3.8) is 0 Å². The van der Waals surface area contributed by atoms with Crippen LogP contribution in [0, 0.1) is 6.92 Å². The SMILES string of the molecule is Cc1cnc(N2CCN(C(=O)N3CCC[C@@H](Nc4cc(C(F)(F)F)c(=O)[nH]n4)C3)CC2)nc1. The fraction of sp³-hybridized carbons (Fsp3) is 0.550. The molecular weight excluding hydrogens is 441 g/mol. The quantitative estimate of drug-likeness (QED) is 0.709. The molecule has 0 bridgehead atoms. The number of H-pyrrole nitrogens is 1. The third-order valence-electron chi connectivity index (χ3n) is 5.75. The summed E-state index contributed by atoms with van der Waals surface area (Å²) in [5.41, 5.74) is -1.62. The fourth-order valence-electron chi connectivity index (χ4n) is 4.01. The molecule has 1 atom stereocenters. The van der Waals surface area contributed by atoms with Crippen LogP contribution in [0.2, 0.25) is 0 Å². The van der Waals surface area contributed by atoms with Gasteiger partial charge in [0.2, 0.25) is 5.95 Å². The van der Waals surface area contributed by atoms with Gasteiger partial charge in [-0.1, -0.05) is 0 Å². The van der Waals surface area contributed by atoms with E-state index >= 15 is 0 Å². The molecule has 0 radical (unpaired) electrons. The molecule has 2 saturated heterocycles. The highest BCUT2D eigenvalue weighted by molar-refractivity contribution is 5.75. The van der Waals surface area contributed by atoms with Crippen molar-refractivity contribution in [3.8, 4) is 0 Å². The number of rotatable bonds is 3. The van der Waals surface area contributed by atoms with E-state index in [1.165, 1.54) is 0 Å². The number of amides is 2. The number of carbonyl (C=O) groups excluding carboxylic acids is 1. The Morgan fingerprint density at radius 2 is 1.82 bits per heavy atom. The van der Waals surface area contributed by atoms with Crippen LogP contribution in [0.4, 0.5) is 29.7 Å². The number of nitrogens with one attached hydrogen (secondary N) is 2. The zero-order valence-electron chi connectivity index (χ0n) is 18.1. The van der Waals surface area contributed by atoms with Crippen molar-refractivity contribution in [3.05, 3.63) is 39.9 Å². The van der Waals surface area contributed by atoms with Crippen LogP contribution in [-0.4, -0.2) is 81.3 Å². The molecule has 4 heterocycles. The molecule has 2 fully saturated rings. The van der Waals surface area contributed by atoms with Crippen molar-refractivity contribution in [2.45, 2.75) is 32.0 Å². The molecule has 0 spiro atoms. The molecule has 2 N–H and O–H groups in total. The van der Waals surface area contributed by atoms with E-state index in [1.807, 2.05) is 16.9 Å². The summed E-state index contributed by atoms with van der Waals surface area (Å²) >= 11 is 0. The lowest BCUT2D eigenvalue weighted by Crippen LogP contribution is -2.56. The summed E-state index contributed by atoms with van der Waals surface area (Å²) in [6, 6.07) is 0.326. The summed E-state index contributed by atoms with van der Waals surface area (Å²) in [4.78, 5) is 38.6. The number of hydrogen-bond donors (Lipinski definition) is 2. The Kier molecular flexibility index (Phi) is 6.38. The Morgan fingerprint density at radius 3 is 2.48 bits per heavy atom. The molecule has 0 aliphatic carbocycles. The Balaban J connectivity index is 1.34. The topological polar surface area (TPSA) is 110 Å². The molecule has 4 rings (SSSR count). The first-order valence-corrected chi connectivity index (χ1v) is 10.7. The zero-order valence-corrected chi connectivity index (χ0v) is 18.1. The van der Waals surface area contributed by atoms with Crippen LogP contribution in [0.5, 0.6) is 0 Å². The first-order valence-electron chi connectivity index (χ1n) is 10.7. The number of hydrogen-bond acceptors (Lipinski definition) is 7. The lowest BCUT2D eigenvalue weighted by atomic mass is 10.1. The number of alkyl halides is 3. The van der Waals surface area contributed by atoms with Gasteiger partial charge in [0.15, 0.2) is 0 Å². The number of nitrogens with zero attached hydrogens (tertiary/aromatic N) is 6. The number of aromatic nitrogens is 4. The van der Waals surface area contributed by atoms with Gasteiger partial charge in [0, 0.05) is 63.8 Å². The second-order valence-electron chi connectivity index (χ2n) is 8.24. The minimum Gasteiger partial charge on any atom is -0.364 e. The minimum absolute atomic E-state index is 0.0760. The molecule has 178 valence electrons. The van der Waals surface area contributed by atoms with Crippen LogP contribution in [0.3, 0.4) is 0 Å². The molecule has 10 nitrogen and oxygen atoms in total. The standard InChI is InChI=1S/C20H25F3N8O2/c1-13-10-24-18(25-11-13)29-5-7-30(8-6-29)19(33)31-4-2-3-14(12-31)26-16-9-15(20(21,22)23)17(32)28-27-16/h9-11,14H,2-8,12H2,1H3,(H,26,27)(H,28,32)/t14-/m1/s1. The van der Waals surface area contributed by atoms with Crippen molar-refractivity contribution in [1.82, 2.24) is 30.0 Å². The van der Waals surface area contributed by atoms with Crippen molar-refractivity contribution < 1.29 is 18.0 Å². The van der Waals surface area contributed by atoms with Crippen LogP contribution in [0.25, 0.3) is 0 Å². The molecule has 0 saturated carbocycles. The third kappa shape index (κ3) is 5.34. The zero-order chi connectivity index (χ0) is 23.6. The van der Waals surface area contributed by atoms with Crippen molar-refractivity contribution in [2.24, 2.45) is 0 Å². The summed E-state index contributed by atoms with van der Waals surface area (Å²) in [6.45, 7) is 5.12. The van der Waals surface area contributed by atoms with E-state index < -0.39 is 17.3 Å². The molecule has 0 aromatic carbocycles. The van der Waals surface area contributed by atoms with Crippen LogP contribution < -0.4 is 15.8 Å². The molecule has 0 unspecified atom stereocenters. The van der Waals surface area contributed by atoms with Gasteiger partial charge in [0.25, 0.3) is 5.56 Å². The van der Waals surface area contributed by atoms with Gasteiger partial charge in [0.05, 0.1) is 0 Å². The second kappa shape index (κ2) is 9.24. The summed E-state index contributed by atoms with van der Waals surface area (Å²) < 4.78 is 39.0. The largest absolute Gasteiger partial charge is 0.421 e. The Bertz CT molecular complexity index is 1030. The molecule has 2 aliphatic heterocycles. The number of anilines is 2. The Labute approximate surface area is 187 Å². The number of aromatic amines is 1. The highest BCUT2D eigenvalue weighted by atomic mass is 19.4. The first-order chi connectivity index (χ1) is 15.7. The molecule has 2 aliphatic rings. The van der Waals surface area contributed by atoms with Gasteiger partial charge in [-0.05, 0) is 25.3 Å². The van der Waals surface area contributed by atoms with Gasteiger partial charge < -0.3 is 20.0 Å². The maximum atomic E-state index is 13.0. The predicted octanol–water partition coefficient (Wildman–Crippen LogP) is 1.71. The van der Waals surface area contributed by atoms with E-state index in [-0.39, 0.29) is 17.9 Å². The summed E-state index contributed by atoms with van der Waals surface area (Å²) in [6.07, 6.45) is 0.124. The minimum atomic E-state index is -4.77. The number of piperazine rings is 1. The summed E-state index contributed by atoms with van der Waals surface area (Å²) in [5, 5.41) is 8.47. The van der Waals surface area contributed by atoms with Gasteiger partial charge in [-0.3, -0.25) is 4.79 Å². The molecule has 33 heavy (non-hydrogen) atoms. The molecular formula is C20H25F3N8O2. The Hall–Kier alpha value is -3.38. The van der Waals surface area contributed by atoms with Crippen molar-refractivity contribution >= 4 is 17.8 Å². The summed E-state index contributed by atoms with van der Waals surface area (Å²) in [7, 11) is 0. The first kappa shape index (κ1) is 22.8. The smallest absolute Gasteiger partial charge is 0.364 e. The number of urea groups is 1. The maximum Gasteiger partial charge on any atom is 0.421 e. The molecule has 13 heteroatoms. The van der Waals surface area contributed by atoms with Crippen molar-refractivity contribution in [2.75, 3.05) is 49.5 Å². The van der Waals surface area contributed by atoms with Gasteiger partial charge in [0.1, 0.15) is 11.4 Å². The van der Waals surface area contributed by atoms with Crippen LogP contribution in [0.15, 0.2) is 23.3 Å². The molecule has 2 aromatic heterocycles. The average Bonchev–Trinajstić information content (AvgIpc) is 2.80. The average molecular weight is 466 g/mol.